The topological polar surface area (TPSA) is 49.3 Å². The minimum absolute atomic E-state index is 0.0624. The molecule has 2 aromatic carbocycles. The van der Waals surface area contributed by atoms with Crippen LogP contribution >= 0.6 is 0 Å². The zero-order valence-corrected chi connectivity index (χ0v) is 16.2. The van der Waals surface area contributed by atoms with E-state index in [1.165, 1.54) is 24.9 Å². The van der Waals surface area contributed by atoms with Gasteiger partial charge in [-0.15, -0.1) is 0 Å². The first-order valence-electron chi connectivity index (χ1n) is 10.1. The van der Waals surface area contributed by atoms with Crippen LogP contribution in [0.25, 0.3) is 11.3 Å². The summed E-state index contributed by atoms with van der Waals surface area (Å²) in [6.07, 6.45) is 7.22. The summed E-state index contributed by atoms with van der Waals surface area (Å²) in [5, 5.41) is 9.22. The maximum Gasteiger partial charge on any atom is 0.0888 e. The molecule has 3 aromatic rings. The molecule has 0 saturated carbocycles. The van der Waals surface area contributed by atoms with Gasteiger partial charge >= 0.3 is 0 Å². The summed E-state index contributed by atoms with van der Waals surface area (Å²) in [7, 11) is 0. The van der Waals surface area contributed by atoms with Gasteiger partial charge in [-0.05, 0) is 36.9 Å². The number of rotatable bonds is 6. The van der Waals surface area contributed by atoms with E-state index in [1.54, 1.807) is 0 Å². The lowest BCUT2D eigenvalue weighted by atomic mass is 9.94. The third-order valence-corrected chi connectivity index (χ3v) is 5.57. The van der Waals surface area contributed by atoms with Crippen molar-refractivity contribution in [2.75, 3.05) is 19.6 Å². The Morgan fingerprint density at radius 3 is 2.57 bits per heavy atom. The Kier molecular flexibility index (Phi) is 6.10. The molecule has 144 valence electrons. The normalized spacial score (nSPS) is 17.5. The quantitative estimate of drug-likeness (QED) is 0.708. The van der Waals surface area contributed by atoms with Gasteiger partial charge in [-0.1, -0.05) is 54.6 Å². The van der Waals surface area contributed by atoms with E-state index in [-0.39, 0.29) is 6.61 Å². The molecule has 2 heterocycles. The largest absolute Gasteiger partial charge is 0.392 e. The van der Waals surface area contributed by atoms with Gasteiger partial charge in [-0.2, -0.15) is 0 Å². The monoisotopic (exact) mass is 373 g/mol. The number of nitrogens with zero attached hydrogens (tertiary/aromatic N) is 3. The van der Waals surface area contributed by atoms with E-state index >= 15 is 0 Å². The van der Waals surface area contributed by atoms with Crippen molar-refractivity contribution in [2.24, 2.45) is 0 Å². The Balaban J connectivity index is 1.43. The Labute approximate surface area is 166 Å². The van der Waals surface area contributed by atoms with Gasteiger partial charge in [0.25, 0.3) is 0 Å². The number of aliphatic hydroxyl groups excluding tert-OH is 1. The zero-order valence-electron chi connectivity index (χ0n) is 16.2. The molecule has 1 aliphatic heterocycles. The van der Waals surface area contributed by atoms with Crippen molar-refractivity contribution in [3.8, 4) is 11.3 Å². The molecule has 4 nitrogen and oxygen atoms in total. The Morgan fingerprint density at radius 2 is 1.79 bits per heavy atom. The number of aliphatic hydroxyl groups is 1. The molecule has 1 aliphatic rings. The van der Waals surface area contributed by atoms with E-state index in [0.29, 0.717) is 5.92 Å². The molecule has 0 amide bonds. The summed E-state index contributed by atoms with van der Waals surface area (Å²) in [6, 6.07) is 18.6. The average molecular weight is 374 g/mol. The molecular formula is C24H27N3O. The molecule has 1 N–H and O–H groups in total. The lowest BCUT2D eigenvalue weighted by Gasteiger charge is -2.32. The summed E-state index contributed by atoms with van der Waals surface area (Å²) in [5.74, 6) is 0.439. The van der Waals surface area contributed by atoms with E-state index < -0.39 is 0 Å². The van der Waals surface area contributed by atoms with Crippen LogP contribution in [0.5, 0.6) is 0 Å². The molecule has 28 heavy (non-hydrogen) atoms. The Hall–Kier alpha value is -2.56. The van der Waals surface area contributed by atoms with Crippen molar-refractivity contribution in [1.29, 1.82) is 0 Å². The first-order valence-corrected chi connectivity index (χ1v) is 10.1. The molecule has 4 heteroatoms. The standard InChI is InChI=1S/C24H27N3O/c28-18-20-8-10-21(11-9-20)23-15-25-16-24(26-23)22-7-4-13-27(17-22)14-12-19-5-2-1-3-6-19/h1-3,5-6,8-11,15-16,22,28H,4,7,12-14,17-18H2. The summed E-state index contributed by atoms with van der Waals surface area (Å²) in [5.41, 5.74) is 5.35. The van der Waals surface area contributed by atoms with E-state index in [4.69, 9.17) is 4.98 Å². The van der Waals surface area contributed by atoms with Crippen molar-refractivity contribution in [3.63, 3.8) is 0 Å². The lowest BCUT2D eigenvalue weighted by molar-refractivity contribution is 0.208. The molecule has 1 fully saturated rings. The molecule has 0 radical (unpaired) electrons. The number of aromatic nitrogens is 2. The van der Waals surface area contributed by atoms with Crippen LogP contribution in [-0.2, 0) is 13.0 Å². The minimum Gasteiger partial charge on any atom is -0.392 e. The van der Waals surface area contributed by atoms with Crippen molar-refractivity contribution < 1.29 is 5.11 Å². The third-order valence-electron chi connectivity index (χ3n) is 5.57. The SMILES string of the molecule is OCc1ccc(-c2cncc(C3CCCN(CCc4ccccc4)C3)n2)cc1. The van der Waals surface area contributed by atoms with E-state index in [0.717, 1.165) is 42.0 Å². The molecule has 1 atom stereocenters. The smallest absolute Gasteiger partial charge is 0.0888 e. The molecule has 0 spiro atoms. The maximum atomic E-state index is 9.22. The highest BCUT2D eigenvalue weighted by molar-refractivity contribution is 5.58. The van der Waals surface area contributed by atoms with Crippen LogP contribution in [0, 0.1) is 0 Å². The Morgan fingerprint density at radius 1 is 0.964 bits per heavy atom. The predicted molar refractivity (Wildman–Crippen MR) is 112 cm³/mol. The fraction of sp³-hybridized carbons (Fsp3) is 0.333. The number of benzene rings is 2. The number of likely N-dealkylation sites (tertiary alicyclic amines) is 1. The second-order valence-electron chi connectivity index (χ2n) is 7.56. The van der Waals surface area contributed by atoms with Gasteiger partial charge < -0.3 is 10.0 Å². The second kappa shape index (κ2) is 9.09. The van der Waals surface area contributed by atoms with Crippen LogP contribution in [-0.4, -0.2) is 39.6 Å². The third kappa shape index (κ3) is 4.64. The predicted octanol–water partition coefficient (Wildman–Crippen LogP) is 4.06. The number of hydrogen-bond donors (Lipinski definition) is 1. The summed E-state index contributed by atoms with van der Waals surface area (Å²) >= 11 is 0. The van der Waals surface area contributed by atoms with Crippen LogP contribution in [0.2, 0.25) is 0 Å². The van der Waals surface area contributed by atoms with Crippen LogP contribution in [0.15, 0.2) is 67.0 Å². The van der Waals surface area contributed by atoms with Gasteiger partial charge in [-0.25, -0.2) is 4.98 Å². The Bertz CT molecular complexity index is 880. The van der Waals surface area contributed by atoms with E-state index in [9.17, 15) is 5.11 Å². The van der Waals surface area contributed by atoms with E-state index in [2.05, 4.69) is 40.2 Å². The highest BCUT2D eigenvalue weighted by Gasteiger charge is 2.22. The molecule has 1 unspecified atom stereocenters. The maximum absolute atomic E-state index is 9.22. The van der Waals surface area contributed by atoms with Crippen LogP contribution < -0.4 is 0 Å². The van der Waals surface area contributed by atoms with Crippen molar-refractivity contribution in [2.45, 2.75) is 31.8 Å². The van der Waals surface area contributed by atoms with Gasteiger partial charge in [0.1, 0.15) is 0 Å². The molecule has 4 rings (SSSR count). The highest BCUT2D eigenvalue weighted by Crippen LogP contribution is 2.27. The first kappa shape index (κ1) is 18.8. The van der Waals surface area contributed by atoms with Gasteiger partial charge in [0, 0.05) is 30.8 Å². The van der Waals surface area contributed by atoms with Crippen molar-refractivity contribution in [1.82, 2.24) is 14.9 Å². The number of piperidine rings is 1. The lowest BCUT2D eigenvalue weighted by Crippen LogP contribution is -2.36. The number of hydrogen-bond acceptors (Lipinski definition) is 4. The van der Waals surface area contributed by atoms with Gasteiger partial charge in [-0.3, -0.25) is 4.98 Å². The van der Waals surface area contributed by atoms with Crippen molar-refractivity contribution >= 4 is 0 Å². The zero-order chi connectivity index (χ0) is 19.2. The van der Waals surface area contributed by atoms with Crippen molar-refractivity contribution in [3.05, 3.63) is 83.8 Å². The molecule has 0 bridgehead atoms. The van der Waals surface area contributed by atoms with Gasteiger partial charge in [0.2, 0.25) is 0 Å². The van der Waals surface area contributed by atoms with Crippen LogP contribution in [0.3, 0.4) is 0 Å². The summed E-state index contributed by atoms with van der Waals surface area (Å²) in [4.78, 5) is 12.0. The fourth-order valence-corrected chi connectivity index (χ4v) is 3.93. The first-order chi connectivity index (χ1) is 13.8. The highest BCUT2D eigenvalue weighted by atomic mass is 16.3. The molecule has 1 aromatic heterocycles. The molecular weight excluding hydrogens is 346 g/mol. The van der Waals surface area contributed by atoms with Crippen LogP contribution in [0.1, 0.15) is 35.6 Å². The fourth-order valence-electron chi connectivity index (χ4n) is 3.93. The molecule has 0 aliphatic carbocycles. The van der Waals surface area contributed by atoms with Crippen LogP contribution in [0.4, 0.5) is 0 Å². The summed E-state index contributed by atoms with van der Waals surface area (Å²) in [6.45, 7) is 3.37. The van der Waals surface area contributed by atoms with Gasteiger partial charge in [0.15, 0.2) is 0 Å². The van der Waals surface area contributed by atoms with E-state index in [1.807, 2.05) is 36.7 Å². The van der Waals surface area contributed by atoms with Gasteiger partial charge in [0.05, 0.1) is 24.2 Å². The average Bonchev–Trinajstić information content (AvgIpc) is 2.79. The summed E-state index contributed by atoms with van der Waals surface area (Å²) < 4.78 is 0. The second-order valence-corrected chi connectivity index (χ2v) is 7.56. The minimum atomic E-state index is 0.0624. The molecule has 1 saturated heterocycles.